The third kappa shape index (κ3) is 6.78. The van der Waals surface area contributed by atoms with Crippen molar-refractivity contribution >= 4 is 17.9 Å². The molecule has 0 saturated carbocycles. The van der Waals surface area contributed by atoms with Crippen molar-refractivity contribution in [3.05, 3.63) is 89.4 Å². The maximum Gasteiger partial charge on any atom is 0.247 e. The average Bonchev–Trinajstić information content (AvgIpc) is 3.50. The summed E-state index contributed by atoms with van der Waals surface area (Å²) in [5.41, 5.74) is 1.83. The first-order valence-electron chi connectivity index (χ1n) is 12.1. The molecule has 0 atom stereocenters. The Kier molecular flexibility index (Phi) is 8.10. The predicted octanol–water partition coefficient (Wildman–Crippen LogP) is 5.04. The lowest BCUT2D eigenvalue weighted by Crippen LogP contribution is -2.43. The lowest BCUT2D eigenvalue weighted by atomic mass is 10.1. The molecule has 7 heteroatoms. The molecule has 1 aromatic heterocycles. The topological polar surface area (TPSA) is 72.2 Å². The number of carbonyl (C=O) groups excluding carboxylic acids is 2. The van der Waals surface area contributed by atoms with Crippen molar-refractivity contribution in [2.24, 2.45) is 5.92 Å². The Labute approximate surface area is 211 Å². The number of nitrogens with zero attached hydrogens (tertiary/aromatic N) is 2. The van der Waals surface area contributed by atoms with E-state index in [0.717, 1.165) is 16.9 Å². The van der Waals surface area contributed by atoms with Crippen LogP contribution in [-0.4, -0.2) is 41.5 Å². The summed E-state index contributed by atoms with van der Waals surface area (Å²) in [7, 11) is 0. The minimum absolute atomic E-state index is 0.0274. The van der Waals surface area contributed by atoms with Gasteiger partial charge in [-0.25, -0.2) is 0 Å². The lowest BCUT2D eigenvalue weighted by Gasteiger charge is -2.28. The van der Waals surface area contributed by atoms with Gasteiger partial charge in [0.15, 0.2) is 11.5 Å². The van der Waals surface area contributed by atoms with Gasteiger partial charge >= 0.3 is 0 Å². The first-order valence-corrected chi connectivity index (χ1v) is 12.1. The Morgan fingerprint density at radius 3 is 2.44 bits per heavy atom. The van der Waals surface area contributed by atoms with Gasteiger partial charge in [0.2, 0.25) is 18.6 Å². The molecule has 0 spiro atoms. The largest absolute Gasteiger partial charge is 0.464 e. The summed E-state index contributed by atoms with van der Waals surface area (Å²) >= 11 is 0. The molecule has 0 fully saturated rings. The molecule has 0 N–H and O–H groups in total. The minimum atomic E-state index is -0.197. The second-order valence-electron chi connectivity index (χ2n) is 9.31. The molecule has 2 heterocycles. The Morgan fingerprint density at radius 2 is 1.72 bits per heavy atom. The van der Waals surface area contributed by atoms with Crippen LogP contribution >= 0.6 is 0 Å². The standard InChI is InChI=1S/C29H32N2O5/c1-21(2)16-30(28(32)14-11-23-7-5-4-6-8-23)19-29(33)31(18-25-12-9-22(3)36-25)17-24-10-13-26-27(15-24)35-20-34-26/h4-15,21H,16-20H2,1-3H3. The maximum absolute atomic E-state index is 13.6. The molecule has 2 amide bonds. The number of ether oxygens (including phenoxy) is 2. The highest BCUT2D eigenvalue weighted by molar-refractivity contribution is 5.94. The summed E-state index contributed by atoms with van der Waals surface area (Å²) in [6, 6.07) is 19.0. The second-order valence-corrected chi connectivity index (χ2v) is 9.31. The van der Waals surface area contributed by atoms with Crippen LogP contribution in [0.5, 0.6) is 11.5 Å². The normalized spacial score (nSPS) is 12.3. The molecule has 1 aliphatic rings. The number of hydrogen-bond acceptors (Lipinski definition) is 5. The Morgan fingerprint density at radius 1 is 0.944 bits per heavy atom. The number of benzene rings is 2. The molecule has 0 saturated heterocycles. The number of carbonyl (C=O) groups is 2. The summed E-state index contributed by atoms with van der Waals surface area (Å²) in [6.45, 7) is 7.21. The van der Waals surface area contributed by atoms with E-state index in [1.54, 1.807) is 15.9 Å². The number of hydrogen-bond donors (Lipinski definition) is 0. The van der Waals surface area contributed by atoms with Gasteiger partial charge in [0.1, 0.15) is 18.1 Å². The molecular formula is C29H32N2O5. The van der Waals surface area contributed by atoms with Gasteiger partial charge in [0, 0.05) is 19.2 Å². The third-order valence-electron chi connectivity index (χ3n) is 5.75. The van der Waals surface area contributed by atoms with Gasteiger partial charge in [-0.05, 0) is 54.3 Å². The molecule has 1 aliphatic heterocycles. The quantitative estimate of drug-likeness (QED) is 0.374. The monoisotopic (exact) mass is 488 g/mol. The summed E-state index contributed by atoms with van der Waals surface area (Å²) in [6.07, 6.45) is 3.30. The van der Waals surface area contributed by atoms with E-state index in [-0.39, 0.29) is 31.1 Å². The van der Waals surface area contributed by atoms with Crippen molar-refractivity contribution in [3.63, 3.8) is 0 Å². The van der Waals surface area contributed by atoms with E-state index < -0.39 is 0 Å². The first-order chi connectivity index (χ1) is 17.4. The fourth-order valence-corrected chi connectivity index (χ4v) is 4.02. The van der Waals surface area contributed by atoms with Crippen LogP contribution in [-0.2, 0) is 22.7 Å². The number of furan rings is 1. The molecule has 0 unspecified atom stereocenters. The zero-order chi connectivity index (χ0) is 25.5. The van der Waals surface area contributed by atoms with Gasteiger partial charge in [-0.2, -0.15) is 0 Å². The van der Waals surface area contributed by atoms with Crippen LogP contribution in [0, 0.1) is 12.8 Å². The van der Waals surface area contributed by atoms with Crippen molar-refractivity contribution in [3.8, 4) is 11.5 Å². The van der Waals surface area contributed by atoms with Crippen molar-refractivity contribution in [2.75, 3.05) is 19.9 Å². The van der Waals surface area contributed by atoms with E-state index in [1.165, 1.54) is 6.08 Å². The molecule has 4 rings (SSSR count). The average molecular weight is 489 g/mol. The zero-order valence-corrected chi connectivity index (χ0v) is 21.0. The van der Waals surface area contributed by atoms with Gasteiger partial charge in [-0.3, -0.25) is 9.59 Å². The smallest absolute Gasteiger partial charge is 0.247 e. The fourth-order valence-electron chi connectivity index (χ4n) is 4.02. The maximum atomic E-state index is 13.6. The van der Waals surface area contributed by atoms with Crippen LogP contribution in [0.1, 0.15) is 36.5 Å². The fraction of sp³-hybridized carbons (Fsp3) is 0.310. The van der Waals surface area contributed by atoms with Crippen LogP contribution in [0.4, 0.5) is 0 Å². The summed E-state index contributed by atoms with van der Waals surface area (Å²) in [5.74, 6) is 2.67. The number of amides is 2. The molecule has 2 aromatic carbocycles. The summed E-state index contributed by atoms with van der Waals surface area (Å²) < 4.78 is 16.7. The molecular weight excluding hydrogens is 456 g/mol. The van der Waals surface area contributed by atoms with Gasteiger partial charge in [-0.1, -0.05) is 50.2 Å². The van der Waals surface area contributed by atoms with Gasteiger partial charge in [-0.15, -0.1) is 0 Å². The van der Waals surface area contributed by atoms with E-state index in [1.807, 2.05) is 81.4 Å². The number of fused-ring (bicyclic) bond motifs is 1. The van der Waals surface area contributed by atoms with Gasteiger partial charge in [0.25, 0.3) is 0 Å². The van der Waals surface area contributed by atoms with Crippen molar-refractivity contribution in [1.82, 2.24) is 9.80 Å². The first kappa shape index (κ1) is 25.1. The van der Waals surface area contributed by atoms with E-state index >= 15 is 0 Å². The molecule has 188 valence electrons. The molecule has 0 aliphatic carbocycles. The zero-order valence-electron chi connectivity index (χ0n) is 21.0. The third-order valence-corrected chi connectivity index (χ3v) is 5.75. The van der Waals surface area contributed by atoms with Gasteiger partial charge < -0.3 is 23.7 Å². The van der Waals surface area contributed by atoms with E-state index in [2.05, 4.69) is 0 Å². The van der Waals surface area contributed by atoms with E-state index in [0.29, 0.717) is 36.9 Å². The predicted molar refractivity (Wildman–Crippen MR) is 137 cm³/mol. The minimum Gasteiger partial charge on any atom is -0.464 e. The van der Waals surface area contributed by atoms with E-state index in [9.17, 15) is 9.59 Å². The van der Waals surface area contributed by atoms with Crippen LogP contribution in [0.25, 0.3) is 6.08 Å². The molecule has 0 bridgehead atoms. The summed E-state index contributed by atoms with van der Waals surface area (Å²) in [5, 5.41) is 0. The number of aryl methyl sites for hydroxylation is 1. The van der Waals surface area contributed by atoms with Crippen LogP contribution in [0.2, 0.25) is 0 Å². The number of rotatable bonds is 10. The summed E-state index contributed by atoms with van der Waals surface area (Å²) in [4.78, 5) is 30.0. The Bertz CT molecular complexity index is 1220. The molecule has 3 aromatic rings. The molecule has 7 nitrogen and oxygen atoms in total. The highest BCUT2D eigenvalue weighted by atomic mass is 16.7. The lowest BCUT2D eigenvalue weighted by molar-refractivity contribution is -0.139. The molecule has 0 radical (unpaired) electrons. The van der Waals surface area contributed by atoms with Crippen LogP contribution in [0.15, 0.2) is 71.2 Å². The SMILES string of the molecule is Cc1ccc(CN(Cc2ccc3c(c2)OCO3)C(=O)CN(CC(C)C)C(=O)C=Cc2ccccc2)o1. The van der Waals surface area contributed by atoms with Crippen molar-refractivity contribution in [1.29, 1.82) is 0 Å². The second kappa shape index (κ2) is 11.6. The van der Waals surface area contributed by atoms with E-state index in [4.69, 9.17) is 13.9 Å². The Balaban J connectivity index is 1.52. The van der Waals surface area contributed by atoms with Crippen LogP contribution in [0.3, 0.4) is 0 Å². The highest BCUT2D eigenvalue weighted by Gasteiger charge is 2.23. The van der Waals surface area contributed by atoms with Crippen molar-refractivity contribution < 1.29 is 23.5 Å². The van der Waals surface area contributed by atoms with Gasteiger partial charge in [0.05, 0.1) is 6.54 Å². The Hall–Kier alpha value is -4.00. The van der Waals surface area contributed by atoms with Crippen molar-refractivity contribution in [2.45, 2.75) is 33.9 Å². The van der Waals surface area contributed by atoms with Crippen LogP contribution < -0.4 is 9.47 Å². The highest BCUT2D eigenvalue weighted by Crippen LogP contribution is 2.33. The molecule has 36 heavy (non-hydrogen) atoms.